The van der Waals surface area contributed by atoms with Crippen molar-refractivity contribution in [2.45, 2.75) is 39.9 Å². The Labute approximate surface area is 153 Å². The topological polar surface area (TPSA) is 9.23 Å². The Morgan fingerprint density at radius 1 is 0.640 bits per heavy atom. The highest BCUT2D eigenvalue weighted by Gasteiger charge is 2.25. The molecule has 0 saturated heterocycles. The fraction of sp³-hybridized carbons (Fsp3) is 0.333. The van der Waals surface area contributed by atoms with Gasteiger partial charge >= 0.3 is 0 Å². The lowest BCUT2D eigenvalue weighted by molar-refractivity contribution is -0.0610. The molecule has 2 atom stereocenters. The van der Waals surface area contributed by atoms with Gasteiger partial charge in [0.15, 0.2) is 0 Å². The third-order valence-electron chi connectivity index (χ3n) is 4.51. The molecule has 2 unspecified atom stereocenters. The van der Waals surface area contributed by atoms with Crippen LogP contribution in [0.1, 0.15) is 62.2 Å². The highest BCUT2D eigenvalue weighted by molar-refractivity contribution is 5.48. The van der Waals surface area contributed by atoms with E-state index in [9.17, 15) is 0 Å². The zero-order valence-electron chi connectivity index (χ0n) is 15.9. The van der Waals surface area contributed by atoms with Crippen LogP contribution in [0.4, 0.5) is 0 Å². The van der Waals surface area contributed by atoms with E-state index >= 15 is 0 Å². The molecule has 25 heavy (non-hydrogen) atoms. The standard InChI is InChI=1S/C24H30O/c1-7-19-9-13-21(14-10-19)23(17(3)4)25-24(18(5)6)22-15-11-20(8-2)12-16-22/h7-18,23-24H,1-2H2,3-6H3. The molecule has 0 aliphatic rings. The molecule has 0 aliphatic carbocycles. The first-order valence-electron chi connectivity index (χ1n) is 9.06. The van der Waals surface area contributed by atoms with Crippen LogP contribution in [-0.4, -0.2) is 0 Å². The van der Waals surface area contributed by atoms with Gasteiger partial charge in [-0.3, -0.25) is 0 Å². The summed E-state index contributed by atoms with van der Waals surface area (Å²) in [5, 5.41) is 0. The summed E-state index contributed by atoms with van der Waals surface area (Å²) >= 11 is 0. The molecule has 2 aromatic carbocycles. The second-order valence-corrected chi connectivity index (χ2v) is 7.21. The van der Waals surface area contributed by atoms with Crippen LogP contribution in [0.2, 0.25) is 0 Å². The molecule has 0 amide bonds. The first-order valence-corrected chi connectivity index (χ1v) is 9.06. The minimum atomic E-state index is 0.0605. The van der Waals surface area contributed by atoms with Gasteiger partial charge in [0.2, 0.25) is 0 Å². The maximum atomic E-state index is 6.64. The van der Waals surface area contributed by atoms with E-state index in [1.807, 2.05) is 12.2 Å². The molecule has 1 nitrogen and oxygen atoms in total. The van der Waals surface area contributed by atoms with E-state index in [1.54, 1.807) is 0 Å². The lowest BCUT2D eigenvalue weighted by Gasteiger charge is -2.30. The summed E-state index contributed by atoms with van der Waals surface area (Å²) in [6, 6.07) is 17.0. The number of ether oxygens (including phenoxy) is 1. The second-order valence-electron chi connectivity index (χ2n) is 7.21. The van der Waals surface area contributed by atoms with Crippen LogP contribution in [-0.2, 0) is 4.74 Å². The summed E-state index contributed by atoms with van der Waals surface area (Å²) in [5.74, 6) is 0.784. The third-order valence-corrected chi connectivity index (χ3v) is 4.51. The smallest absolute Gasteiger partial charge is 0.0856 e. The van der Waals surface area contributed by atoms with Crippen LogP contribution < -0.4 is 0 Å². The summed E-state index contributed by atoms with van der Waals surface area (Å²) in [5.41, 5.74) is 4.70. The van der Waals surface area contributed by atoms with Crippen molar-refractivity contribution in [1.82, 2.24) is 0 Å². The second kappa shape index (κ2) is 8.82. The molecule has 0 aromatic heterocycles. The highest BCUT2D eigenvalue weighted by atomic mass is 16.5. The fourth-order valence-electron chi connectivity index (χ4n) is 3.04. The molecule has 0 spiro atoms. The minimum absolute atomic E-state index is 0.0605. The van der Waals surface area contributed by atoms with Crippen molar-refractivity contribution in [3.63, 3.8) is 0 Å². The lowest BCUT2D eigenvalue weighted by Crippen LogP contribution is -2.19. The van der Waals surface area contributed by atoms with Crippen molar-refractivity contribution >= 4 is 12.2 Å². The summed E-state index contributed by atoms with van der Waals surface area (Å²) in [6.07, 6.45) is 3.86. The summed E-state index contributed by atoms with van der Waals surface area (Å²) in [4.78, 5) is 0. The monoisotopic (exact) mass is 334 g/mol. The van der Waals surface area contributed by atoms with Gasteiger partial charge in [-0.1, -0.05) is 102 Å². The summed E-state index contributed by atoms with van der Waals surface area (Å²) < 4.78 is 6.64. The number of hydrogen-bond acceptors (Lipinski definition) is 1. The Hall–Kier alpha value is -2.12. The van der Waals surface area contributed by atoms with Crippen molar-refractivity contribution in [1.29, 1.82) is 0 Å². The lowest BCUT2D eigenvalue weighted by atomic mass is 9.94. The van der Waals surface area contributed by atoms with E-state index in [4.69, 9.17) is 4.74 Å². The van der Waals surface area contributed by atoms with E-state index in [2.05, 4.69) is 89.4 Å². The van der Waals surface area contributed by atoms with Gasteiger partial charge < -0.3 is 4.74 Å². The number of benzene rings is 2. The molecule has 0 N–H and O–H groups in total. The first-order chi connectivity index (χ1) is 12.0. The number of rotatable bonds is 8. The van der Waals surface area contributed by atoms with Crippen LogP contribution in [0.5, 0.6) is 0 Å². The van der Waals surface area contributed by atoms with E-state index in [0.717, 1.165) is 11.1 Å². The highest BCUT2D eigenvalue weighted by Crippen LogP contribution is 2.36. The number of hydrogen-bond donors (Lipinski definition) is 0. The zero-order chi connectivity index (χ0) is 18.4. The van der Waals surface area contributed by atoms with Crippen LogP contribution in [0, 0.1) is 11.8 Å². The predicted octanol–water partition coefficient (Wildman–Crippen LogP) is 7.08. The van der Waals surface area contributed by atoms with Gasteiger partial charge in [0, 0.05) is 0 Å². The Balaban J connectivity index is 2.29. The summed E-state index contributed by atoms with van der Waals surface area (Å²) in [6.45, 7) is 16.5. The third kappa shape index (κ3) is 4.93. The van der Waals surface area contributed by atoms with Crippen LogP contribution in [0.25, 0.3) is 12.2 Å². The minimum Gasteiger partial charge on any atom is -0.365 e. The molecule has 0 radical (unpaired) electrons. The molecule has 0 fully saturated rings. The molecule has 0 bridgehead atoms. The molecule has 0 aliphatic heterocycles. The molecule has 132 valence electrons. The van der Waals surface area contributed by atoms with Gasteiger partial charge in [0.1, 0.15) is 0 Å². The van der Waals surface area contributed by atoms with Gasteiger partial charge in [-0.05, 0) is 34.1 Å². The van der Waals surface area contributed by atoms with Gasteiger partial charge in [-0.25, -0.2) is 0 Å². The van der Waals surface area contributed by atoms with E-state index < -0.39 is 0 Å². The molecule has 0 heterocycles. The molecule has 0 saturated carbocycles. The fourth-order valence-corrected chi connectivity index (χ4v) is 3.04. The average Bonchev–Trinajstić information content (AvgIpc) is 2.62. The van der Waals surface area contributed by atoms with E-state index in [0.29, 0.717) is 11.8 Å². The van der Waals surface area contributed by atoms with Gasteiger partial charge in [0.25, 0.3) is 0 Å². The quantitative estimate of drug-likeness (QED) is 0.501. The van der Waals surface area contributed by atoms with Crippen molar-refractivity contribution in [2.24, 2.45) is 11.8 Å². The van der Waals surface area contributed by atoms with Gasteiger partial charge in [-0.2, -0.15) is 0 Å². The molecule has 1 heteroatoms. The average molecular weight is 335 g/mol. The normalized spacial score (nSPS) is 13.7. The van der Waals surface area contributed by atoms with Crippen molar-refractivity contribution in [3.05, 3.63) is 83.9 Å². The van der Waals surface area contributed by atoms with Crippen molar-refractivity contribution in [2.75, 3.05) is 0 Å². The molecular weight excluding hydrogens is 304 g/mol. The van der Waals surface area contributed by atoms with Crippen molar-refractivity contribution < 1.29 is 4.74 Å². The maximum absolute atomic E-state index is 6.64. The Morgan fingerprint density at radius 2 is 0.960 bits per heavy atom. The SMILES string of the molecule is C=Cc1ccc(C(OC(c2ccc(C=C)cc2)C(C)C)C(C)C)cc1. The Morgan fingerprint density at radius 3 is 1.20 bits per heavy atom. The van der Waals surface area contributed by atoms with Crippen LogP contribution in [0.15, 0.2) is 61.7 Å². The van der Waals surface area contributed by atoms with Crippen LogP contribution in [0.3, 0.4) is 0 Å². The molecule has 2 rings (SSSR count). The Kier molecular flexibility index (Phi) is 6.78. The maximum Gasteiger partial charge on any atom is 0.0856 e. The van der Waals surface area contributed by atoms with Gasteiger partial charge in [-0.15, -0.1) is 0 Å². The van der Waals surface area contributed by atoms with Gasteiger partial charge in [0.05, 0.1) is 12.2 Å². The predicted molar refractivity (Wildman–Crippen MR) is 109 cm³/mol. The van der Waals surface area contributed by atoms with E-state index in [1.165, 1.54) is 11.1 Å². The van der Waals surface area contributed by atoms with E-state index in [-0.39, 0.29) is 12.2 Å². The largest absolute Gasteiger partial charge is 0.365 e. The summed E-state index contributed by atoms with van der Waals surface area (Å²) in [7, 11) is 0. The van der Waals surface area contributed by atoms with Crippen molar-refractivity contribution in [3.8, 4) is 0 Å². The molecule has 2 aromatic rings. The zero-order valence-corrected chi connectivity index (χ0v) is 15.9. The first kappa shape index (κ1) is 19.2. The molecular formula is C24H30O. The van der Waals surface area contributed by atoms with Crippen LogP contribution >= 0.6 is 0 Å². The Bertz CT molecular complexity index is 616.